The van der Waals surface area contributed by atoms with E-state index in [2.05, 4.69) is 5.32 Å². The summed E-state index contributed by atoms with van der Waals surface area (Å²) in [6, 6.07) is 7.18. The van der Waals surface area contributed by atoms with Crippen LogP contribution >= 0.6 is 11.3 Å². The third kappa shape index (κ3) is 2.54. The van der Waals surface area contributed by atoms with Crippen molar-refractivity contribution in [2.24, 2.45) is 0 Å². The number of aliphatic hydroxyl groups is 1. The molecular formula is C13H15NO2S. The lowest BCUT2D eigenvalue weighted by Gasteiger charge is -2.13. The van der Waals surface area contributed by atoms with Crippen LogP contribution in [0.2, 0.25) is 0 Å². The number of ketones is 1. The largest absolute Gasteiger partial charge is 0.394 e. The van der Waals surface area contributed by atoms with Gasteiger partial charge in [-0.1, -0.05) is 19.1 Å². The van der Waals surface area contributed by atoms with Crippen molar-refractivity contribution in [2.75, 3.05) is 13.2 Å². The van der Waals surface area contributed by atoms with Crippen LogP contribution in [0.5, 0.6) is 0 Å². The molecule has 0 aliphatic rings. The lowest BCUT2D eigenvalue weighted by Crippen LogP contribution is -2.39. The smallest absolute Gasteiger partial charge is 0.182 e. The minimum atomic E-state index is -0.502. The zero-order valence-electron chi connectivity index (χ0n) is 9.64. The minimum absolute atomic E-state index is 0.0512. The summed E-state index contributed by atoms with van der Waals surface area (Å²) in [6.07, 6.45) is 0. The van der Waals surface area contributed by atoms with Gasteiger partial charge in [-0.25, -0.2) is 0 Å². The van der Waals surface area contributed by atoms with Crippen molar-refractivity contribution < 1.29 is 9.90 Å². The number of nitrogens with one attached hydrogen (secondary N) is 1. The van der Waals surface area contributed by atoms with Gasteiger partial charge >= 0.3 is 0 Å². The monoisotopic (exact) mass is 249 g/mol. The van der Waals surface area contributed by atoms with Crippen LogP contribution in [0.3, 0.4) is 0 Å². The second-order valence-electron chi connectivity index (χ2n) is 3.83. The maximum atomic E-state index is 12.1. The summed E-state index contributed by atoms with van der Waals surface area (Å²) in [6.45, 7) is 2.41. The summed E-state index contributed by atoms with van der Waals surface area (Å²) in [5.41, 5.74) is 0.653. The van der Waals surface area contributed by atoms with Crippen LogP contribution in [0.1, 0.15) is 17.3 Å². The Kier molecular flexibility index (Phi) is 3.89. The third-order valence-electron chi connectivity index (χ3n) is 2.69. The number of fused-ring (bicyclic) bond motifs is 1. The number of hydrogen-bond acceptors (Lipinski definition) is 4. The Morgan fingerprint density at radius 2 is 2.29 bits per heavy atom. The third-order valence-corrected chi connectivity index (χ3v) is 3.57. The van der Waals surface area contributed by atoms with E-state index in [4.69, 9.17) is 0 Å². The first-order valence-corrected chi connectivity index (χ1v) is 6.50. The van der Waals surface area contributed by atoms with Gasteiger partial charge in [-0.3, -0.25) is 4.79 Å². The molecule has 0 fully saturated rings. The standard InChI is InChI=1S/C13H15NO2S/c1-2-14-11(8-15)13(16)10-4-3-9-5-6-17-12(9)7-10/h3-7,11,14-15H,2,8H2,1H3. The van der Waals surface area contributed by atoms with E-state index in [0.29, 0.717) is 12.1 Å². The molecule has 4 heteroatoms. The van der Waals surface area contributed by atoms with Crippen LogP contribution in [0.4, 0.5) is 0 Å². The minimum Gasteiger partial charge on any atom is -0.394 e. The highest BCUT2D eigenvalue weighted by molar-refractivity contribution is 7.17. The van der Waals surface area contributed by atoms with E-state index in [1.807, 2.05) is 36.6 Å². The summed E-state index contributed by atoms with van der Waals surface area (Å²) < 4.78 is 1.10. The predicted octanol–water partition coefficient (Wildman–Crippen LogP) is 2.05. The molecule has 1 heterocycles. The highest BCUT2D eigenvalue weighted by Crippen LogP contribution is 2.22. The number of thiophene rings is 1. The molecule has 0 aliphatic carbocycles. The Hall–Kier alpha value is -1.23. The van der Waals surface area contributed by atoms with Gasteiger partial charge in [0.25, 0.3) is 0 Å². The lowest BCUT2D eigenvalue weighted by molar-refractivity contribution is 0.0899. The van der Waals surface area contributed by atoms with Crippen LogP contribution in [-0.4, -0.2) is 30.1 Å². The Bertz CT molecular complexity index is 521. The van der Waals surface area contributed by atoms with Gasteiger partial charge in [-0.05, 0) is 29.4 Å². The molecule has 1 atom stereocenters. The average Bonchev–Trinajstić information content (AvgIpc) is 2.82. The summed E-state index contributed by atoms with van der Waals surface area (Å²) in [4.78, 5) is 12.1. The normalized spacial score (nSPS) is 12.8. The fraction of sp³-hybridized carbons (Fsp3) is 0.308. The molecule has 2 aromatic rings. The van der Waals surface area contributed by atoms with Gasteiger partial charge in [-0.2, -0.15) is 0 Å². The van der Waals surface area contributed by atoms with Crippen molar-refractivity contribution in [3.05, 3.63) is 35.2 Å². The molecule has 0 aliphatic heterocycles. The van der Waals surface area contributed by atoms with Crippen LogP contribution in [0, 0.1) is 0 Å². The average molecular weight is 249 g/mol. The van der Waals surface area contributed by atoms with E-state index in [0.717, 1.165) is 10.1 Å². The molecule has 1 aromatic heterocycles. The van der Waals surface area contributed by atoms with Gasteiger partial charge in [0, 0.05) is 10.3 Å². The van der Waals surface area contributed by atoms with E-state index in [1.165, 1.54) is 0 Å². The molecule has 2 rings (SSSR count). The van der Waals surface area contributed by atoms with Gasteiger partial charge in [0.15, 0.2) is 5.78 Å². The molecule has 90 valence electrons. The molecule has 0 spiro atoms. The fourth-order valence-electron chi connectivity index (χ4n) is 1.80. The molecule has 0 amide bonds. The van der Waals surface area contributed by atoms with Gasteiger partial charge in [0.05, 0.1) is 12.6 Å². The van der Waals surface area contributed by atoms with Crippen molar-refractivity contribution in [1.82, 2.24) is 5.32 Å². The molecule has 17 heavy (non-hydrogen) atoms. The van der Waals surface area contributed by atoms with Gasteiger partial charge in [0.1, 0.15) is 0 Å². The van der Waals surface area contributed by atoms with Gasteiger partial charge < -0.3 is 10.4 Å². The Balaban J connectivity index is 2.28. The summed E-state index contributed by atoms with van der Waals surface area (Å²) in [5, 5.41) is 15.3. The first kappa shape index (κ1) is 12.2. The summed E-state index contributed by atoms with van der Waals surface area (Å²) in [7, 11) is 0. The number of hydrogen-bond donors (Lipinski definition) is 2. The number of aliphatic hydroxyl groups excluding tert-OH is 1. The predicted molar refractivity (Wildman–Crippen MR) is 70.7 cm³/mol. The molecule has 1 unspecified atom stereocenters. The van der Waals surface area contributed by atoms with E-state index in [9.17, 15) is 9.90 Å². The fourth-order valence-corrected chi connectivity index (χ4v) is 2.62. The number of rotatable bonds is 5. The molecular weight excluding hydrogens is 234 g/mol. The van der Waals surface area contributed by atoms with Gasteiger partial charge in [-0.15, -0.1) is 11.3 Å². The van der Waals surface area contributed by atoms with Crippen molar-refractivity contribution >= 4 is 27.2 Å². The second-order valence-corrected chi connectivity index (χ2v) is 4.78. The van der Waals surface area contributed by atoms with Crippen LogP contribution < -0.4 is 5.32 Å². The maximum absolute atomic E-state index is 12.1. The Morgan fingerprint density at radius 3 is 3.00 bits per heavy atom. The zero-order chi connectivity index (χ0) is 12.3. The van der Waals surface area contributed by atoms with Crippen LogP contribution in [-0.2, 0) is 0 Å². The number of benzene rings is 1. The van der Waals surface area contributed by atoms with Gasteiger partial charge in [0.2, 0.25) is 0 Å². The van der Waals surface area contributed by atoms with E-state index in [1.54, 1.807) is 11.3 Å². The highest BCUT2D eigenvalue weighted by atomic mass is 32.1. The van der Waals surface area contributed by atoms with Crippen molar-refractivity contribution in [3.8, 4) is 0 Å². The quantitative estimate of drug-likeness (QED) is 0.797. The molecule has 2 N–H and O–H groups in total. The molecule has 0 bridgehead atoms. The van der Waals surface area contributed by atoms with Crippen molar-refractivity contribution in [1.29, 1.82) is 0 Å². The Morgan fingerprint density at radius 1 is 1.47 bits per heavy atom. The molecule has 1 aromatic carbocycles. The van der Waals surface area contributed by atoms with Crippen molar-refractivity contribution in [3.63, 3.8) is 0 Å². The number of carbonyl (C=O) groups is 1. The second kappa shape index (κ2) is 5.40. The van der Waals surface area contributed by atoms with E-state index in [-0.39, 0.29) is 12.4 Å². The number of carbonyl (C=O) groups excluding carboxylic acids is 1. The number of likely N-dealkylation sites (N-methyl/N-ethyl adjacent to an activating group) is 1. The first-order valence-electron chi connectivity index (χ1n) is 5.62. The lowest BCUT2D eigenvalue weighted by atomic mass is 10.0. The molecule has 0 radical (unpaired) electrons. The summed E-state index contributed by atoms with van der Waals surface area (Å²) in [5.74, 6) is -0.0512. The molecule has 3 nitrogen and oxygen atoms in total. The highest BCUT2D eigenvalue weighted by Gasteiger charge is 2.18. The van der Waals surface area contributed by atoms with E-state index >= 15 is 0 Å². The number of Topliss-reactive ketones (excluding diaryl/α,β-unsaturated/α-hetero) is 1. The van der Waals surface area contributed by atoms with Crippen LogP contribution in [0.15, 0.2) is 29.6 Å². The van der Waals surface area contributed by atoms with Crippen molar-refractivity contribution in [2.45, 2.75) is 13.0 Å². The maximum Gasteiger partial charge on any atom is 0.182 e. The Labute approximate surface area is 104 Å². The summed E-state index contributed by atoms with van der Waals surface area (Å²) >= 11 is 1.62. The first-order chi connectivity index (χ1) is 8.26. The molecule has 0 saturated heterocycles. The van der Waals surface area contributed by atoms with Crippen LogP contribution in [0.25, 0.3) is 10.1 Å². The SMILES string of the molecule is CCNC(CO)C(=O)c1ccc2ccsc2c1. The zero-order valence-corrected chi connectivity index (χ0v) is 10.5. The topological polar surface area (TPSA) is 49.3 Å². The molecule has 0 saturated carbocycles. The van der Waals surface area contributed by atoms with E-state index < -0.39 is 6.04 Å².